The highest BCUT2D eigenvalue weighted by Crippen LogP contribution is 2.15. The summed E-state index contributed by atoms with van der Waals surface area (Å²) in [6, 6.07) is 3.97. The minimum Gasteiger partial charge on any atom is -0.399 e. The Morgan fingerprint density at radius 2 is 2.39 bits per heavy atom. The first-order chi connectivity index (χ1) is 8.66. The molecule has 1 aromatic rings. The van der Waals surface area contributed by atoms with Crippen molar-refractivity contribution in [3.63, 3.8) is 0 Å². The van der Waals surface area contributed by atoms with Crippen molar-refractivity contribution in [2.24, 2.45) is 0 Å². The van der Waals surface area contributed by atoms with Crippen molar-refractivity contribution >= 4 is 11.6 Å². The molecule has 1 aliphatic rings. The third-order valence-electron chi connectivity index (χ3n) is 3.01. The van der Waals surface area contributed by atoms with Gasteiger partial charge in [-0.25, -0.2) is 4.39 Å². The van der Waals surface area contributed by atoms with E-state index < -0.39 is 11.7 Å². The average molecular weight is 252 g/mol. The van der Waals surface area contributed by atoms with E-state index in [1.807, 2.05) is 0 Å². The van der Waals surface area contributed by atoms with E-state index in [4.69, 9.17) is 10.5 Å². The molecule has 98 valence electrons. The number of hydrogen-bond acceptors (Lipinski definition) is 3. The molecule has 1 amide bonds. The zero-order valence-corrected chi connectivity index (χ0v) is 10.1. The maximum Gasteiger partial charge on any atom is 0.254 e. The number of nitrogen functional groups attached to an aromatic ring is 1. The zero-order chi connectivity index (χ0) is 13.0. The first-order valence-corrected chi connectivity index (χ1v) is 6.11. The number of ether oxygens (including phenoxy) is 1. The lowest BCUT2D eigenvalue weighted by Crippen LogP contribution is -2.27. The monoisotopic (exact) mass is 252 g/mol. The van der Waals surface area contributed by atoms with Crippen LogP contribution in [0.25, 0.3) is 0 Å². The normalized spacial score (nSPS) is 18.8. The molecule has 0 spiro atoms. The van der Waals surface area contributed by atoms with Gasteiger partial charge in [0.2, 0.25) is 0 Å². The summed E-state index contributed by atoms with van der Waals surface area (Å²) in [5.74, 6) is -0.989. The Bertz CT molecular complexity index is 431. The Balaban J connectivity index is 1.85. The van der Waals surface area contributed by atoms with Gasteiger partial charge in [-0.05, 0) is 37.5 Å². The lowest BCUT2D eigenvalue weighted by molar-refractivity contribution is 0.0904. The topological polar surface area (TPSA) is 64.4 Å². The first-order valence-electron chi connectivity index (χ1n) is 6.11. The molecule has 1 saturated heterocycles. The number of rotatable bonds is 4. The molecule has 3 N–H and O–H groups in total. The number of anilines is 1. The maximum atomic E-state index is 13.4. The zero-order valence-electron chi connectivity index (χ0n) is 10.1. The lowest BCUT2D eigenvalue weighted by atomic mass is 10.1. The fourth-order valence-corrected chi connectivity index (χ4v) is 2.03. The summed E-state index contributed by atoms with van der Waals surface area (Å²) in [5, 5.41) is 2.68. The minimum absolute atomic E-state index is 0.0117. The van der Waals surface area contributed by atoms with Crippen LogP contribution in [0.3, 0.4) is 0 Å². The molecular formula is C13H17FN2O2. The van der Waals surface area contributed by atoms with E-state index in [-0.39, 0.29) is 11.7 Å². The van der Waals surface area contributed by atoms with Gasteiger partial charge in [0, 0.05) is 18.8 Å². The van der Waals surface area contributed by atoms with E-state index in [0.717, 1.165) is 25.9 Å². The van der Waals surface area contributed by atoms with Gasteiger partial charge in [-0.1, -0.05) is 0 Å². The average Bonchev–Trinajstić information content (AvgIpc) is 2.85. The van der Waals surface area contributed by atoms with E-state index in [1.54, 1.807) is 0 Å². The van der Waals surface area contributed by atoms with Gasteiger partial charge >= 0.3 is 0 Å². The van der Waals surface area contributed by atoms with Crippen LogP contribution < -0.4 is 11.1 Å². The summed E-state index contributed by atoms with van der Waals surface area (Å²) in [4.78, 5) is 11.7. The van der Waals surface area contributed by atoms with Crippen LogP contribution in [0.2, 0.25) is 0 Å². The molecule has 1 heterocycles. The Hall–Kier alpha value is -1.62. The molecule has 4 nitrogen and oxygen atoms in total. The van der Waals surface area contributed by atoms with Crippen LogP contribution in [0.15, 0.2) is 18.2 Å². The number of nitrogens with two attached hydrogens (primary N) is 1. The van der Waals surface area contributed by atoms with Gasteiger partial charge in [0.1, 0.15) is 5.82 Å². The van der Waals surface area contributed by atoms with E-state index in [9.17, 15) is 9.18 Å². The summed E-state index contributed by atoms with van der Waals surface area (Å²) in [6.07, 6.45) is 3.08. The van der Waals surface area contributed by atoms with Crippen molar-refractivity contribution in [1.29, 1.82) is 0 Å². The number of carbonyl (C=O) groups excluding carboxylic acids is 1. The number of amides is 1. The van der Waals surface area contributed by atoms with Crippen LogP contribution in [0.5, 0.6) is 0 Å². The molecule has 0 bridgehead atoms. The number of carbonyl (C=O) groups is 1. The quantitative estimate of drug-likeness (QED) is 0.802. The van der Waals surface area contributed by atoms with Gasteiger partial charge < -0.3 is 15.8 Å². The second-order valence-electron chi connectivity index (χ2n) is 4.42. The molecule has 0 aliphatic carbocycles. The molecular weight excluding hydrogens is 235 g/mol. The van der Waals surface area contributed by atoms with Crippen LogP contribution in [0.4, 0.5) is 10.1 Å². The summed E-state index contributed by atoms with van der Waals surface area (Å²) >= 11 is 0. The minimum atomic E-state index is -0.557. The lowest BCUT2D eigenvalue weighted by Gasteiger charge is -2.10. The van der Waals surface area contributed by atoms with E-state index >= 15 is 0 Å². The summed E-state index contributed by atoms with van der Waals surface area (Å²) in [7, 11) is 0. The van der Waals surface area contributed by atoms with Crippen molar-refractivity contribution in [2.75, 3.05) is 18.9 Å². The van der Waals surface area contributed by atoms with Gasteiger partial charge in [0.25, 0.3) is 5.91 Å². The first kappa shape index (κ1) is 12.8. The number of halogens is 1. The Morgan fingerprint density at radius 3 is 3.11 bits per heavy atom. The molecule has 2 rings (SSSR count). The Kier molecular flexibility index (Phi) is 4.15. The smallest absolute Gasteiger partial charge is 0.254 e. The number of benzene rings is 1. The van der Waals surface area contributed by atoms with Gasteiger partial charge in [-0.2, -0.15) is 0 Å². The van der Waals surface area contributed by atoms with Gasteiger partial charge in [-0.15, -0.1) is 0 Å². The fourth-order valence-electron chi connectivity index (χ4n) is 2.03. The Morgan fingerprint density at radius 1 is 1.56 bits per heavy atom. The summed E-state index contributed by atoms with van der Waals surface area (Å²) in [5.41, 5.74) is 5.89. The molecule has 0 radical (unpaired) electrons. The number of nitrogens with one attached hydrogen (secondary N) is 1. The van der Waals surface area contributed by atoms with Gasteiger partial charge in [0.05, 0.1) is 11.7 Å². The maximum absolute atomic E-state index is 13.4. The Labute approximate surface area is 105 Å². The molecule has 1 fully saturated rings. The predicted molar refractivity (Wildman–Crippen MR) is 66.7 cm³/mol. The van der Waals surface area contributed by atoms with Crippen LogP contribution in [-0.4, -0.2) is 25.2 Å². The largest absolute Gasteiger partial charge is 0.399 e. The van der Waals surface area contributed by atoms with Crippen molar-refractivity contribution in [3.8, 4) is 0 Å². The second-order valence-corrected chi connectivity index (χ2v) is 4.42. The third-order valence-corrected chi connectivity index (χ3v) is 3.01. The molecule has 18 heavy (non-hydrogen) atoms. The molecule has 5 heteroatoms. The highest BCUT2D eigenvalue weighted by molar-refractivity contribution is 5.95. The number of hydrogen-bond donors (Lipinski definition) is 2. The van der Waals surface area contributed by atoms with E-state index in [1.165, 1.54) is 18.2 Å². The summed E-state index contributed by atoms with van der Waals surface area (Å²) in [6.45, 7) is 1.28. The van der Waals surface area contributed by atoms with Crippen LogP contribution >= 0.6 is 0 Å². The second kappa shape index (κ2) is 5.82. The molecule has 1 aliphatic heterocycles. The molecule has 1 unspecified atom stereocenters. The van der Waals surface area contributed by atoms with Gasteiger partial charge in [-0.3, -0.25) is 4.79 Å². The van der Waals surface area contributed by atoms with Crippen LogP contribution in [0.1, 0.15) is 29.6 Å². The highest BCUT2D eigenvalue weighted by atomic mass is 19.1. The molecule has 1 atom stereocenters. The van der Waals surface area contributed by atoms with Crippen molar-refractivity contribution in [1.82, 2.24) is 5.32 Å². The van der Waals surface area contributed by atoms with Crippen molar-refractivity contribution in [3.05, 3.63) is 29.6 Å². The summed E-state index contributed by atoms with van der Waals surface area (Å²) < 4.78 is 18.8. The fraction of sp³-hybridized carbons (Fsp3) is 0.462. The van der Waals surface area contributed by atoms with Gasteiger partial charge in [0.15, 0.2) is 0 Å². The molecule has 0 saturated carbocycles. The standard InChI is InChI=1S/C13H17FN2O2/c14-12-4-3-9(15)8-11(12)13(17)16-6-5-10-2-1-7-18-10/h3-4,8,10H,1-2,5-7,15H2,(H,16,17). The van der Waals surface area contributed by atoms with E-state index in [0.29, 0.717) is 12.2 Å². The predicted octanol–water partition coefficient (Wildman–Crippen LogP) is 1.71. The van der Waals surface area contributed by atoms with Crippen molar-refractivity contribution in [2.45, 2.75) is 25.4 Å². The third kappa shape index (κ3) is 3.20. The molecule has 0 aromatic heterocycles. The van der Waals surface area contributed by atoms with Crippen LogP contribution in [0, 0.1) is 5.82 Å². The van der Waals surface area contributed by atoms with Crippen LogP contribution in [-0.2, 0) is 4.74 Å². The SMILES string of the molecule is Nc1ccc(F)c(C(=O)NCCC2CCCO2)c1. The van der Waals surface area contributed by atoms with Crippen molar-refractivity contribution < 1.29 is 13.9 Å². The highest BCUT2D eigenvalue weighted by Gasteiger charge is 2.16. The van der Waals surface area contributed by atoms with E-state index in [2.05, 4.69) is 5.32 Å². The molecule has 1 aromatic carbocycles.